The Morgan fingerprint density at radius 2 is 2.03 bits per heavy atom. The lowest BCUT2D eigenvalue weighted by Crippen LogP contribution is -2.63. The lowest BCUT2D eigenvalue weighted by atomic mass is 10.1. The van der Waals surface area contributed by atoms with Crippen molar-refractivity contribution in [1.82, 2.24) is 14.4 Å². The number of carbonyl (C=O) groups excluding carboxylic acids is 3. The van der Waals surface area contributed by atoms with Crippen LogP contribution in [-0.2, 0) is 16.1 Å². The van der Waals surface area contributed by atoms with Crippen molar-refractivity contribution in [1.29, 1.82) is 0 Å². The second-order valence-electron chi connectivity index (χ2n) is 8.15. The zero-order valence-corrected chi connectivity index (χ0v) is 17.5. The Morgan fingerprint density at radius 1 is 1.26 bits per heavy atom. The third-order valence-electron chi connectivity index (χ3n) is 6.13. The number of aryl methyl sites for hydroxylation is 1. The van der Waals surface area contributed by atoms with Gasteiger partial charge in [0.1, 0.15) is 11.9 Å². The van der Waals surface area contributed by atoms with Crippen LogP contribution in [0.1, 0.15) is 34.9 Å². The first-order valence-corrected chi connectivity index (χ1v) is 10.4. The van der Waals surface area contributed by atoms with Crippen LogP contribution in [0, 0.1) is 6.92 Å². The Kier molecular flexibility index (Phi) is 4.70. The number of ether oxygens (including phenoxy) is 1. The summed E-state index contributed by atoms with van der Waals surface area (Å²) in [6, 6.07) is 7.36. The summed E-state index contributed by atoms with van der Waals surface area (Å²) in [5.41, 5.74) is 1.43. The number of aliphatic imine (C=N–C) groups is 1. The first-order valence-electron chi connectivity index (χ1n) is 10.4. The summed E-state index contributed by atoms with van der Waals surface area (Å²) in [6.45, 7) is 3.08. The Balaban J connectivity index is 1.45. The largest absolute Gasteiger partial charge is 0.402 e. The maximum absolute atomic E-state index is 13.3. The van der Waals surface area contributed by atoms with Gasteiger partial charge in [0.25, 0.3) is 5.91 Å². The Labute approximate surface area is 179 Å². The molecule has 2 atom stereocenters. The van der Waals surface area contributed by atoms with Crippen LogP contribution < -0.4 is 4.57 Å². The number of urea groups is 1. The van der Waals surface area contributed by atoms with E-state index in [0.717, 1.165) is 30.0 Å². The fourth-order valence-electron chi connectivity index (χ4n) is 4.45. The molecule has 3 amide bonds. The van der Waals surface area contributed by atoms with E-state index in [4.69, 9.17) is 4.74 Å². The van der Waals surface area contributed by atoms with Crippen LogP contribution in [0.25, 0.3) is 0 Å². The lowest BCUT2D eigenvalue weighted by Gasteiger charge is -2.32. The summed E-state index contributed by atoms with van der Waals surface area (Å²) in [7, 11) is 1.59. The lowest BCUT2D eigenvalue weighted by molar-refractivity contribution is -0.677. The van der Waals surface area contributed by atoms with Crippen molar-refractivity contribution in [3.8, 4) is 0 Å². The van der Waals surface area contributed by atoms with Gasteiger partial charge in [-0.2, -0.15) is 0 Å². The molecular formula is C22H24N5O4+. The molecular weight excluding hydrogens is 398 g/mol. The molecule has 31 heavy (non-hydrogen) atoms. The van der Waals surface area contributed by atoms with E-state index < -0.39 is 18.0 Å². The van der Waals surface area contributed by atoms with Gasteiger partial charge in [-0.25, -0.2) is 13.9 Å². The van der Waals surface area contributed by atoms with Crippen LogP contribution >= 0.6 is 0 Å². The molecule has 0 N–H and O–H groups in total. The predicted octanol–water partition coefficient (Wildman–Crippen LogP) is 1.62. The highest BCUT2D eigenvalue weighted by Gasteiger charge is 2.53. The first kappa shape index (κ1) is 19.6. The molecule has 0 spiro atoms. The number of hydrogen-bond acceptors (Lipinski definition) is 5. The number of aromatic nitrogens is 2. The van der Waals surface area contributed by atoms with E-state index >= 15 is 0 Å². The number of imidazole rings is 1. The molecule has 1 aromatic heterocycles. The Morgan fingerprint density at radius 3 is 2.74 bits per heavy atom. The number of nitrogens with zero attached hydrogens (tertiary/aromatic N) is 5. The summed E-state index contributed by atoms with van der Waals surface area (Å²) < 4.78 is 9.60. The number of Topliss-reactive ketones (excluding diaryl/α,β-unsaturated/α-hetero) is 1. The third-order valence-corrected chi connectivity index (χ3v) is 6.13. The van der Waals surface area contributed by atoms with Gasteiger partial charge in [0, 0.05) is 19.2 Å². The highest BCUT2D eigenvalue weighted by Crippen LogP contribution is 2.30. The molecule has 0 saturated carbocycles. The maximum Gasteiger partial charge on any atom is 0.402 e. The SMILES string of the molecule is Cc1c[n+]2c(n1CC1CCCO1)N=C1C2C(=O)N(CC(=O)c2ccccc2)C(=O)N1C. The molecule has 4 heterocycles. The average molecular weight is 422 g/mol. The van der Waals surface area contributed by atoms with Gasteiger partial charge in [-0.15, -0.1) is 0 Å². The number of benzene rings is 1. The van der Waals surface area contributed by atoms with Gasteiger partial charge in [-0.05, 0) is 19.8 Å². The molecule has 2 fully saturated rings. The number of fused-ring (bicyclic) bond motifs is 3. The van der Waals surface area contributed by atoms with Crippen molar-refractivity contribution in [2.45, 2.75) is 38.5 Å². The highest BCUT2D eigenvalue weighted by atomic mass is 16.5. The first-order chi connectivity index (χ1) is 15.0. The van der Waals surface area contributed by atoms with Crippen molar-refractivity contribution in [2.24, 2.45) is 4.99 Å². The van der Waals surface area contributed by atoms with E-state index in [1.165, 1.54) is 4.90 Å². The number of amidine groups is 1. The fourth-order valence-corrected chi connectivity index (χ4v) is 4.45. The standard InChI is InChI=1S/C22H24N5O4/c1-14-11-26-18-19(23-21(26)25(14)12-16-9-6-10-31-16)24(2)22(30)27(20(18)29)13-17(28)15-7-4-3-5-8-15/h3-5,7-8,11,16,18H,6,9-10,12-13H2,1-2H3/q+1. The van der Waals surface area contributed by atoms with Crippen LogP contribution in [0.5, 0.6) is 0 Å². The molecule has 0 radical (unpaired) electrons. The van der Waals surface area contributed by atoms with Gasteiger partial charge in [-0.3, -0.25) is 19.4 Å². The minimum atomic E-state index is -0.759. The van der Waals surface area contributed by atoms with E-state index in [2.05, 4.69) is 4.99 Å². The molecule has 2 unspecified atom stereocenters. The van der Waals surface area contributed by atoms with E-state index in [-0.39, 0.29) is 18.4 Å². The molecule has 9 nitrogen and oxygen atoms in total. The molecule has 0 aliphatic carbocycles. The van der Waals surface area contributed by atoms with E-state index in [1.807, 2.05) is 23.8 Å². The molecule has 9 heteroatoms. The van der Waals surface area contributed by atoms with E-state index in [1.54, 1.807) is 35.9 Å². The van der Waals surface area contributed by atoms with Gasteiger partial charge in [0.2, 0.25) is 11.9 Å². The van der Waals surface area contributed by atoms with Gasteiger partial charge in [0.05, 0.1) is 19.2 Å². The fraction of sp³-hybridized carbons (Fsp3) is 0.409. The number of ketones is 1. The summed E-state index contributed by atoms with van der Waals surface area (Å²) in [5, 5.41) is 0. The molecule has 3 aliphatic heterocycles. The van der Waals surface area contributed by atoms with Gasteiger partial charge >= 0.3 is 12.0 Å². The number of carbonyl (C=O) groups is 3. The number of amides is 3. The molecule has 5 rings (SSSR count). The molecule has 2 saturated heterocycles. The molecule has 160 valence electrons. The van der Waals surface area contributed by atoms with Gasteiger partial charge < -0.3 is 4.74 Å². The number of imide groups is 1. The van der Waals surface area contributed by atoms with Crippen LogP contribution in [0.3, 0.4) is 0 Å². The zero-order chi connectivity index (χ0) is 21.7. The second-order valence-corrected chi connectivity index (χ2v) is 8.15. The van der Waals surface area contributed by atoms with Crippen LogP contribution in [-0.4, -0.2) is 64.2 Å². The minimum Gasteiger partial charge on any atom is -0.375 e. The zero-order valence-electron chi connectivity index (χ0n) is 17.5. The smallest absolute Gasteiger partial charge is 0.375 e. The van der Waals surface area contributed by atoms with Crippen LogP contribution in [0.2, 0.25) is 0 Å². The topological polar surface area (TPSA) is 88.1 Å². The minimum absolute atomic E-state index is 0.119. The highest BCUT2D eigenvalue weighted by molar-refractivity contribution is 6.20. The van der Waals surface area contributed by atoms with Gasteiger partial charge in [0.15, 0.2) is 5.78 Å². The molecule has 3 aliphatic rings. The predicted molar refractivity (Wildman–Crippen MR) is 110 cm³/mol. The maximum atomic E-state index is 13.3. The van der Waals surface area contributed by atoms with Crippen molar-refractivity contribution < 1.29 is 23.7 Å². The van der Waals surface area contributed by atoms with Crippen molar-refractivity contribution in [2.75, 3.05) is 20.2 Å². The summed E-state index contributed by atoms with van der Waals surface area (Å²) in [5.74, 6) is 0.280. The number of hydrogen-bond donors (Lipinski definition) is 0. The normalized spacial score (nSPS) is 22.6. The molecule has 1 aromatic carbocycles. The quantitative estimate of drug-likeness (QED) is 0.541. The van der Waals surface area contributed by atoms with Crippen molar-refractivity contribution in [3.05, 3.63) is 47.8 Å². The van der Waals surface area contributed by atoms with Crippen molar-refractivity contribution in [3.63, 3.8) is 0 Å². The molecule has 2 aromatic rings. The van der Waals surface area contributed by atoms with Crippen LogP contribution in [0.15, 0.2) is 41.5 Å². The summed E-state index contributed by atoms with van der Waals surface area (Å²) in [4.78, 5) is 46.0. The monoisotopic (exact) mass is 422 g/mol. The van der Waals surface area contributed by atoms with Crippen LogP contribution in [0.4, 0.5) is 10.7 Å². The summed E-state index contributed by atoms with van der Waals surface area (Å²) >= 11 is 0. The second kappa shape index (κ2) is 7.42. The van der Waals surface area contributed by atoms with E-state index in [9.17, 15) is 14.4 Å². The number of likely N-dealkylation sites (N-methyl/N-ethyl adjacent to an activating group) is 1. The Bertz CT molecular complexity index is 1100. The average Bonchev–Trinajstić information content (AvgIpc) is 3.48. The Hall–Kier alpha value is -3.33. The summed E-state index contributed by atoms with van der Waals surface area (Å²) in [6.07, 6.45) is 4.03. The molecule has 0 bridgehead atoms. The number of rotatable bonds is 5. The third kappa shape index (κ3) is 3.16. The van der Waals surface area contributed by atoms with E-state index in [0.29, 0.717) is 23.9 Å². The van der Waals surface area contributed by atoms with Gasteiger partial charge in [-0.1, -0.05) is 35.3 Å². The van der Waals surface area contributed by atoms with Crippen molar-refractivity contribution >= 4 is 29.5 Å².